The van der Waals surface area contributed by atoms with Crippen LogP contribution in [0.2, 0.25) is 10.0 Å². The van der Waals surface area contributed by atoms with Crippen molar-refractivity contribution < 1.29 is 9.47 Å². The lowest BCUT2D eigenvalue weighted by molar-refractivity contribution is 0.410. The Hall–Kier alpha value is -3.54. The number of nitrogens with zero attached hydrogens (tertiary/aromatic N) is 2. The van der Waals surface area contributed by atoms with Crippen molar-refractivity contribution in [1.29, 1.82) is 0 Å². The maximum atomic E-state index is 6.16. The van der Waals surface area contributed by atoms with Crippen molar-refractivity contribution in [1.82, 2.24) is 9.97 Å². The number of fused-ring (bicyclic) bond motifs is 1. The van der Waals surface area contributed by atoms with Crippen LogP contribution in [0.3, 0.4) is 0 Å². The molecule has 4 aromatic rings. The number of hydrogen-bond acceptors (Lipinski definition) is 5. The highest BCUT2D eigenvalue weighted by atomic mass is 35.5. The summed E-state index contributed by atoms with van der Waals surface area (Å²) in [7, 11) is 3.12. The summed E-state index contributed by atoms with van der Waals surface area (Å²) in [6, 6.07) is 16.8. The van der Waals surface area contributed by atoms with Gasteiger partial charge in [-0.2, -0.15) is 0 Å². The number of benzene rings is 3. The predicted octanol–water partition coefficient (Wildman–Crippen LogP) is 6.88. The Morgan fingerprint density at radius 1 is 0.697 bits per heavy atom. The van der Waals surface area contributed by atoms with Gasteiger partial charge in [0.1, 0.15) is 16.8 Å². The number of rotatable bonds is 6. The third-order valence-corrected chi connectivity index (χ3v) is 5.48. The molecule has 0 radical (unpaired) electrons. The van der Waals surface area contributed by atoms with Crippen LogP contribution in [0.25, 0.3) is 35.3 Å². The number of ether oxygens (including phenoxy) is 2. The molecule has 5 nitrogen and oxygen atoms in total. The SMILES string of the molecule is COc1cc(N)c(OC)c2nc(/C=C/c3ccc(Cl)cc3)c(/C=C/c3ccc(Cl)cc3)nc12. The highest BCUT2D eigenvalue weighted by Gasteiger charge is 2.17. The van der Waals surface area contributed by atoms with Crippen LogP contribution < -0.4 is 15.2 Å². The van der Waals surface area contributed by atoms with E-state index in [-0.39, 0.29) is 0 Å². The van der Waals surface area contributed by atoms with Crippen LogP contribution in [-0.4, -0.2) is 24.2 Å². The van der Waals surface area contributed by atoms with E-state index in [9.17, 15) is 0 Å². The average Bonchev–Trinajstić information content (AvgIpc) is 2.82. The second-order valence-electron chi connectivity index (χ2n) is 7.16. The fourth-order valence-corrected chi connectivity index (χ4v) is 3.57. The minimum Gasteiger partial charge on any atom is -0.494 e. The van der Waals surface area contributed by atoms with Gasteiger partial charge >= 0.3 is 0 Å². The van der Waals surface area contributed by atoms with Gasteiger partial charge in [-0.05, 0) is 47.5 Å². The van der Waals surface area contributed by atoms with E-state index < -0.39 is 0 Å². The van der Waals surface area contributed by atoms with Crippen LogP contribution in [0, 0.1) is 0 Å². The molecule has 2 N–H and O–H groups in total. The molecule has 33 heavy (non-hydrogen) atoms. The number of nitrogen functional groups attached to an aromatic ring is 1. The van der Waals surface area contributed by atoms with Crippen molar-refractivity contribution in [3.8, 4) is 11.5 Å². The zero-order valence-corrected chi connectivity index (χ0v) is 19.6. The largest absolute Gasteiger partial charge is 0.494 e. The van der Waals surface area contributed by atoms with Crippen LogP contribution in [0.4, 0.5) is 5.69 Å². The number of halogens is 2. The van der Waals surface area contributed by atoms with E-state index in [4.69, 9.17) is 48.4 Å². The maximum Gasteiger partial charge on any atom is 0.169 e. The summed E-state index contributed by atoms with van der Waals surface area (Å²) in [4.78, 5) is 9.69. The molecule has 0 aliphatic heterocycles. The molecule has 0 spiro atoms. The van der Waals surface area contributed by atoms with Gasteiger partial charge in [0, 0.05) is 16.1 Å². The molecule has 0 saturated heterocycles. The highest BCUT2D eigenvalue weighted by Crippen LogP contribution is 2.37. The Bertz CT molecular complexity index is 1350. The lowest BCUT2D eigenvalue weighted by atomic mass is 10.1. The number of anilines is 1. The topological polar surface area (TPSA) is 70.3 Å². The van der Waals surface area contributed by atoms with Crippen molar-refractivity contribution >= 4 is 64.2 Å². The molecule has 0 unspecified atom stereocenters. The second-order valence-corrected chi connectivity index (χ2v) is 8.04. The fraction of sp³-hybridized carbons (Fsp3) is 0.0769. The molecule has 0 fully saturated rings. The molecule has 1 aromatic heterocycles. The molecule has 166 valence electrons. The molecule has 7 heteroatoms. The predicted molar refractivity (Wildman–Crippen MR) is 138 cm³/mol. The van der Waals surface area contributed by atoms with E-state index in [1.807, 2.05) is 72.8 Å². The van der Waals surface area contributed by atoms with Gasteiger partial charge in [0.15, 0.2) is 5.75 Å². The maximum absolute atomic E-state index is 6.16. The van der Waals surface area contributed by atoms with Gasteiger partial charge in [-0.25, -0.2) is 9.97 Å². The summed E-state index contributed by atoms with van der Waals surface area (Å²) in [5, 5.41) is 1.36. The third-order valence-electron chi connectivity index (χ3n) is 4.98. The third kappa shape index (κ3) is 5.11. The first kappa shape index (κ1) is 22.6. The Morgan fingerprint density at radius 2 is 1.18 bits per heavy atom. The average molecular weight is 478 g/mol. The molecule has 4 rings (SSSR count). The van der Waals surface area contributed by atoms with Crippen molar-refractivity contribution in [2.45, 2.75) is 0 Å². The molecule has 0 amide bonds. The monoisotopic (exact) mass is 477 g/mol. The van der Waals surface area contributed by atoms with E-state index in [0.29, 0.717) is 49.7 Å². The van der Waals surface area contributed by atoms with Crippen LogP contribution in [-0.2, 0) is 0 Å². The number of aromatic nitrogens is 2. The molecular weight excluding hydrogens is 457 g/mol. The number of methoxy groups -OCH3 is 2. The van der Waals surface area contributed by atoms with Gasteiger partial charge in [-0.15, -0.1) is 0 Å². The van der Waals surface area contributed by atoms with Gasteiger partial charge in [-0.3, -0.25) is 0 Å². The van der Waals surface area contributed by atoms with Crippen LogP contribution in [0.5, 0.6) is 11.5 Å². The van der Waals surface area contributed by atoms with Gasteiger partial charge in [0.25, 0.3) is 0 Å². The quantitative estimate of drug-likeness (QED) is 0.306. The molecule has 0 atom stereocenters. The highest BCUT2D eigenvalue weighted by molar-refractivity contribution is 6.30. The first-order chi connectivity index (χ1) is 16.0. The summed E-state index contributed by atoms with van der Waals surface area (Å²) in [6.07, 6.45) is 7.69. The summed E-state index contributed by atoms with van der Waals surface area (Å²) in [5.74, 6) is 0.970. The van der Waals surface area contributed by atoms with Crippen LogP contribution in [0.15, 0.2) is 54.6 Å². The summed E-state index contributed by atoms with van der Waals surface area (Å²) in [5.41, 5.74) is 10.9. The Labute approximate surface area is 202 Å². The first-order valence-electron chi connectivity index (χ1n) is 10.1. The molecule has 3 aromatic carbocycles. The number of hydrogen-bond donors (Lipinski definition) is 1. The molecule has 0 aliphatic carbocycles. The van der Waals surface area contributed by atoms with Crippen molar-refractivity contribution in [2.75, 3.05) is 20.0 Å². The smallest absolute Gasteiger partial charge is 0.169 e. The first-order valence-corrected chi connectivity index (χ1v) is 10.8. The fourth-order valence-electron chi connectivity index (χ4n) is 3.32. The Morgan fingerprint density at radius 3 is 1.64 bits per heavy atom. The van der Waals surface area contributed by atoms with E-state index in [1.165, 1.54) is 0 Å². The molecule has 1 heterocycles. The van der Waals surface area contributed by atoms with E-state index in [1.54, 1.807) is 20.3 Å². The number of nitrogens with two attached hydrogens (primary N) is 1. The second kappa shape index (κ2) is 9.94. The lowest BCUT2D eigenvalue weighted by Gasteiger charge is -2.13. The normalized spacial score (nSPS) is 11.5. The molecule has 0 saturated carbocycles. The van der Waals surface area contributed by atoms with Crippen LogP contribution >= 0.6 is 23.2 Å². The van der Waals surface area contributed by atoms with Crippen molar-refractivity contribution in [2.24, 2.45) is 0 Å². The minimum atomic E-state index is 0.424. The van der Waals surface area contributed by atoms with Gasteiger partial charge in [-0.1, -0.05) is 59.6 Å². The Balaban J connectivity index is 1.88. The van der Waals surface area contributed by atoms with Gasteiger partial charge in [0.2, 0.25) is 0 Å². The summed E-state index contributed by atoms with van der Waals surface area (Å²) in [6.45, 7) is 0. The molecular formula is C26H21Cl2N3O2. The lowest BCUT2D eigenvalue weighted by Crippen LogP contribution is -2.01. The zero-order valence-electron chi connectivity index (χ0n) is 18.0. The van der Waals surface area contributed by atoms with Gasteiger partial charge in [0.05, 0.1) is 31.3 Å². The van der Waals surface area contributed by atoms with E-state index in [2.05, 4.69) is 0 Å². The van der Waals surface area contributed by atoms with Crippen molar-refractivity contribution in [3.63, 3.8) is 0 Å². The molecule has 0 bridgehead atoms. The van der Waals surface area contributed by atoms with Gasteiger partial charge < -0.3 is 15.2 Å². The summed E-state index contributed by atoms with van der Waals surface area (Å²) < 4.78 is 11.0. The minimum absolute atomic E-state index is 0.424. The Kier molecular flexibility index (Phi) is 6.82. The molecule has 0 aliphatic rings. The van der Waals surface area contributed by atoms with Crippen molar-refractivity contribution in [3.05, 3.63) is 87.2 Å². The van der Waals surface area contributed by atoms with E-state index in [0.717, 1.165) is 11.1 Å². The van der Waals surface area contributed by atoms with Crippen LogP contribution in [0.1, 0.15) is 22.5 Å². The standard InChI is InChI=1S/C26H21Cl2N3O2/c1-32-23-15-20(29)26(33-2)25-24(23)30-21(13-7-16-3-9-18(27)10-4-16)22(31-25)14-8-17-5-11-19(28)12-6-17/h3-15H,29H2,1-2H3/b13-7+,14-8+. The van der Waals surface area contributed by atoms with E-state index >= 15 is 0 Å². The zero-order chi connectivity index (χ0) is 23.4. The summed E-state index contributed by atoms with van der Waals surface area (Å²) >= 11 is 12.0.